The Kier molecular flexibility index (Phi) is 4.28. The van der Waals surface area contributed by atoms with E-state index in [2.05, 4.69) is 5.16 Å². The number of rotatable bonds is 4. The molecule has 0 heterocycles. The van der Waals surface area contributed by atoms with Crippen molar-refractivity contribution in [2.45, 2.75) is 25.5 Å². The molecule has 4 nitrogen and oxygen atoms in total. The zero-order valence-corrected chi connectivity index (χ0v) is 11.0. The highest BCUT2D eigenvalue weighted by Crippen LogP contribution is 2.15. The first kappa shape index (κ1) is 13.7. The highest BCUT2D eigenvalue weighted by molar-refractivity contribution is 7.92. The van der Waals surface area contributed by atoms with E-state index >= 15 is 0 Å². The van der Waals surface area contributed by atoms with E-state index in [0.29, 0.717) is 12.0 Å². The Hall–Kier alpha value is -1.36. The van der Waals surface area contributed by atoms with Crippen molar-refractivity contribution in [1.29, 1.82) is 0 Å². The molecule has 0 radical (unpaired) electrons. The fraction of sp³-hybridized carbons (Fsp3) is 0.417. The van der Waals surface area contributed by atoms with Crippen LogP contribution in [0.25, 0.3) is 0 Å². The smallest absolute Gasteiger partial charge is 0.156 e. The van der Waals surface area contributed by atoms with Crippen molar-refractivity contribution in [3.8, 4) is 0 Å². The lowest BCUT2D eigenvalue weighted by Crippen LogP contribution is -2.29. The fourth-order valence-electron chi connectivity index (χ4n) is 1.81. The molecule has 1 aromatic rings. The van der Waals surface area contributed by atoms with Gasteiger partial charge in [0.05, 0.1) is 0 Å². The molecule has 5 heteroatoms. The van der Waals surface area contributed by atoms with Gasteiger partial charge in [-0.2, -0.15) is 0 Å². The summed E-state index contributed by atoms with van der Waals surface area (Å²) in [7, 11) is -3.28. The van der Waals surface area contributed by atoms with E-state index in [0.717, 1.165) is 11.8 Å². The molecular formula is C12H17NO3S. The SMILES string of the molecule is CC[C@H](/C(=N\O)c1cccc(C)c1)S(C)(=O)=O. The quantitative estimate of drug-likeness (QED) is 0.508. The first-order valence-electron chi connectivity index (χ1n) is 5.38. The number of sulfone groups is 1. The van der Waals surface area contributed by atoms with E-state index in [4.69, 9.17) is 5.21 Å². The van der Waals surface area contributed by atoms with E-state index in [-0.39, 0.29) is 5.71 Å². The maximum Gasteiger partial charge on any atom is 0.156 e. The first-order chi connectivity index (χ1) is 7.90. The summed E-state index contributed by atoms with van der Waals surface area (Å²) in [5, 5.41) is 11.5. The van der Waals surface area contributed by atoms with Crippen LogP contribution in [0.4, 0.5) is 0 Å². The second-order valence-corrected chi connectivity index (χ2v) is 6.31. The lowest BCUT2D eigenvalue weighted by Gasteiger charge is -2.15. The fourth-order valence-corrected chi connectivity index (χ4v) is 3.01. The number of hydrogen-bond donors (Lipinski definition) is 1. The molecule has 17 heavy (non-hydrogen) atoms. The minimum atomic E-state index is -3.28. The Morgan fingerprint density at radius 3 is 2.53 bits per heavy atom. The molecule has 1 N–H and O–H groups in total. The first-order valence-corrected chi connectivity index (χ1v) is 7.33. The van der Waals surface area contributed by atoms with Crippen LogP contribution in [0.1, 0.15) is 24.5 Å². The molecule has 0 saturated heterocycles. The number of benzene rings is 1. The summed E-state index contributed by atoms with van der Waals surface area (Å²) in [5.41, 5.74) is 1.84. The zero-order chi connectivity index (χ0) is 13.1. The molecule has 0 unspecified atom stereocenters. The van der Waals surface area contributed by atoms with Crippen LogP contribution in [-0.4, -0.2) is 30.8 Å². The van der Waals surface area contributed by atoms with Crippen molar-refractivity contribution in [3.63, 3.8) is 0 Å². The highest BCUT2D eigenvalue weighted by atomic mass is 32.2. The number of oxime groups is 1. The number of nitrogens with zero attached hydrogens (tertiary/aromatic N) is 1. The van der Waals surface area contributed by atoms with Crippen LogP contribution >= 0.6 is 0 Å². The Morgan fingerprint density at radius 2 is 2.12 bits per heavy atom. The Morgan fingerprint density at radius 1 is 1.47 bits per heavy atom. The van der Waals surface area contributed by atoms with E-state index in [9.17, 15) is 8.42 Å². The van der Waals surface area contributed by atoms with Gasteiger partial charge in [-0.1, -0.05) is 41.9 Å². The van der Waals surface area contributed by atoms with E-state index in [1.54, 1.807) is 13.0 Å². The van der Waals surface area contributed by atoms with E-state index < -0.39 is 15.1 Å². The minimum absolute atomic E-state index is 0.207. The van der Waals surface area contributed by atoms with Gasteiger partial charge in [0.2, 0.25) is 0 Å². The van der Waals surface area contributed by atoms with Crippen molar-refractivity contribution in [2.24, 2.45) is 5.16 Å². The van der Waals surface area contributed by atoms with E-state index in [1.165, 1.54) is 0 Å². The highest BCUT2D eigenvalue weighted by Gasteiger charge is 2.26. The molecular weight excluding hydrogens is 238 g/mol. The number of hydrogen-bond acceptors (Lipinski definition) is 4. The van der Waals surface area contributed by atoms with Gasteiger partial charge in [-0.25, -0.2) is 8.42 Å². The van der Waals surface area contributed by atoms with Crippen molar-refractivity contribution >= 4 is 15.5 Å². The summed E-state index contributed by atoms with van der Waals surface area (Å²) in [6.07, 6.45) is 1.54. The third kappa shape index (κ3) is 3.30. The Labute approximate surface area is 102 Å². The van der Waals surface area contributed by atoms with Gasteiger partial charge in [-0.15, -0.1) is 0 Å². The van der Waals surface area contributed by atoms with Gasteiger partial charge in [-0.3, -0.25) is 0 Å². The van der Waals surface area contributed by atoms with Crippen LogP contribution in [0.15, 0.2) is 29.4 Å². The minimum Gasteiger partial charge on any atom is -0.411 e. The van der Waals surface area contributed by atoms with Gasteiger partial charge in [0.15, 0.2) is 9.84 Å². The second kappa shape index (κ2) is 5.31. The van der Waals surface area contributed by atoms with E-state index in [1.807, 2.05) is 25.1 Å². The normalized spacial score (nSPS) is 14.6. The standard InChI is InChI=1S/C12H17NO3S/c1-4-11(17(3,15)16)12(13-14)10-7-5-6-9(2)8-10/h5-8,11,14H,4H2,1-3H3/b13-12-/t11-/m1/s1. The molecule has 1 aromatic carbocycles. The average Bonchev–Trinajstić information content (AvgIpc) is 2.23. The van der Waals surface area contributed by atoms with Crippen LogP contribution < -0.4 is 0 Å². The average molecular weight is 255 g/mol. The lowest BCUT2D eigenvalue weighted by atomic mass is 10.0. The predicted octanol–water partition coefficient (Wildman–Crippen LogP) is 2.00. The molecule has 0 aliphatic carbocycles. The molecule has 0 aliphatic rings. The van der Waals surface area contributed by atoms with Crippen molar-refractivity contribution in [1.82, 2.24) is 0 Å². The summed E-state index contributed by atoms with van der Waals surface area (Å²) in [6, 6.07) is 7.27. The maximum atomic E-state index is 11.6. The summed E-state index contributed by atoms with van der Waals surface area (Å²) in [4.78, 5) is 0. The molecule has 0 aromatic heterocycles. The van der Waals surface area contributed by atoms with Gasteiger partial charge in [0, 0.05) is 11.8 Å². The molecule has 0 saturated carbocycles. The molecule has 0 bridgehead atoms. The zero-order valence-electron chi connectivity index (χ0n) is 10.2. The third-order valence-corrected chi connectivity index (χ3v) is 4.20. The van der Waals surface area contributed by atoms with Crippen molar-refractivity contribution in [3.05, 3.63) is 35.4 Å². The van der Waals surface area contributed by atoms with Crippen LogP contribution in [0.2, 0.25) is 0 Å². The Balaban J connectivity index is 3.25. The van der Waals surface area contributed by atoms with Crippen LogP contribution in [0, 0.1) is 6.92 Å². The maximum absolute atomic E-state index is 11.6. The van der Waals surface area contributed by atoms with Gasteiger partial charge >= 0.3 is 0 Å². The number of aryl methyl sites for hydroxylation is 1. The molecule has 0 aliphatic heterocycles. The molecule has 1 atom stereocenters. The lowest BCUT2D eigenvalue weighted by molar-refractivity contribution is 0.318. The van der Waals surface area contributed by atoms with Gasteiger partial charge < -0.3 is 5.21 Å². The summed E-state index contributed by atoms with van der Waals surface area (Å²) in [5.74, 6) is 0. The van der Waals surface area contributed by atoms with Gasteiger partial charge in [-0.05, 0) is 13.3 Å². The Bertz CT molecular complexity index is 520. The summed E-state index contributed by atoms with van der Waals surface area (Å²) < 4.78 is 23.3. The van der Waals surface area contributed by atoms with Crippen LogP contribution in [0.5, 0.6) is 0 Å². The van der Waals surface area contributed by atoms with Crippen molar-refractivity contribution in [2.75, 3.05) is 6.26 Å². The topological polar surface area (TPSA) is 66.7 Å². The van der Waals surface area contributed by atoms with Crippen LogP contribution in [-0.2, 0) is 9.84 Å². The predicted molar refractivity (Wildman–Crippen MR) is 68.4 cm³/mol. The molecule has 1 rings (SSSR count). The molecule has 0 spiro atoms. The summed E-state index contributed by atoms with van der Waals surface area (Å²) in [6.45, 7) is 3.66. The molecule has 0 fully saturated rings. The monoisotopic (exact) mass is 255 g/mol. The molecule has 94 valence electrons. The largest absolute Gasteiger partial charge is 0.411 e. The second-order valence-electron chi connectivity index (χ2n) is 4.08. The van der Waals surface area contributed by atoms with Gasteiger partial charge in [0.25, 0.3) is 0 Å². The summed E-state index contributed by atoms with van der Waals surface area (Å²) >= 11 is 0. The molecule has 0 amide bonds. The van der Waals surface area contributed by atoms with Crippen molar-refractivity contribution < 1.29 is 13.6 Å². The van der Waals surface area contributed by atoms with Crippen LogP contribution in [0.3, 0.4) is 0 Å². The third-order valence-electron chi connectivity index (χ3n) is 2.61. The van der Waals surface area contributed by atoms with Gasteiger partial charge in [0.1, 0.15) is 11.0 Å².